The van der Waals surface area contributed by atoms with Crippen LogP contribution in [0.2, 0.25) is 0 Å². The van der Waals surface area contributed by atoms with Crippen LogP contribution in [0.4, 0.5) is 10.6 Å². The zero-order valence-electron chi connectivity index (χ0n) is 13.6. The number of carbonyl (C=O) groups excluding carboxylic acids is 2. The number of hydrogen-bond acceptors (Lipinski definition) is 5. The van der Waals surface area contributed by atoms with Crippen LogP contribution in [0.3, 0.4) is 0 Å². The number of nitrogens with one attached hydrogen (secondary N) is 1. The van der Waals surface area contributed by atoms with Crippen molar-refractivity contribution in [3.05, 3.63) is 41.9 Å². The third-order valence-electron chi connectivity index (χ3n) is 3.92. The van der Waals surface area contributed by atoms with Crippen LogP contribution in [0.5, 0.6) is 0 Å². The van der Waals surface area contributed by atoms with E-state index in [4.69, 9.17) is 4.74 Å². The topological polar surface area (TPSA) is 89.3 Å². The normalized spacial score (nSPS) is 13.4. The Morgan fingerprint density at radius 2 is 2.08 bits per heavy atom. The summed E-state index contributed by atoms with van der Waals surface area (Å²) >= 11 is 0. The van der Waals surface area contributed by atoms with E-state index in [9.17, 15) is 9.59 Å². The maximum absolute atomic E-state index is 12.7. The van der Waals surface area contributed by atoms with Crippen LogP contribution in [0.25, 0.3) is 0 Å². The molecular formula is C16H19N5O3. The molecule has 0 atom stereocenters. The lowest BCUT2D eigenvalue weighted by atomic mass is 10.2. The van der Waals surface area contributed by atoms with E-state index in [1.807, 2.05) is 12.1 Å². The number of aryl methyl sites for hydroxylation is 1. The predicted octanol–water partition coefficient (Wildman–Crippen LogP) is 1.80. The van der Waals surface area contributed by atoms with Gasteiger partial charge < -0.3 is 9.64 Å². The fraction of sp³-hybridized carbons (Fsp3) is 0.375. The second kappa shape index (κ2) is 6.69. The average molecular weight is 329 g/mol. The molecule has 0 aromatic carbocycles. The molecule has 0 aliphatic heterocycles. The number of nitrogens with zero attached hydrogens (tertiary/aromatic N) is 4. The molecular weight excluding hydrogens is 310 g/mol. The number of urea groups is 1. The molecule has 2 aromatic rings. The number of pyridine rings is 1. The fourth-order valence-electron chi connectivity index (χ4n) is 2.46. The molecule has 8 heteroatoms. The first-order chi connectivity index (χ1) is 11.6. The lowest BCUT2D eigenvalue weighted by Crippen LogP contribution is -2.37. The Bertz CT molecular complexity index is 739. The summed E-state index contributed by atoms with van der Waals surface area (Å²) in [5.74, 6) is -0.210. The summed E-state index contributed by atoms with van der Waals surface area (Å²) in [6.07, 6.45) is 6.75. The van der Waals surface area contributed by atoms with Gasteiger partial charge in [-0.2, -0.15) is 5.10 Å². The maximum Gasteiger partial charge on any atom is 0.343 e. The minimum Gasteiger partial charge on any atom is -0.465 e. The number of anilines is 1. The van der Waals surface area contributed by atoms with Gasteiger partial charge in [0.05, 0.1) is 13.3 Å². The minimum absolute atomic E-state index is 0.216. The smallest absolute Gasteiger partial charge is 0.343 e. The van der Waals surface area contributed by atoms with Gasteiger partial charge in [0.2, 0.25) is 0 Å². The van der Waals surface area contributed by atoms with Gasteiger partial charge in [-0.1, -0.05) is 0 Å². The third kappa shape index (κ3) is 3.37. The van der Waals surface area contributed by atoms with E-state index >= 15 is 0 Å². The quantitative estimate of drug-likeness (QED) is 0.845. The van der Waals surface area contributed by atoms with E-state index < -0.39 is 5.97 Å². The van der Waals surface area contributed by atoms with E-state index in [2.05, 4.69) is 15.4 Å². The van der Waals surface area contributed by atoms with Gasteiger partial charge in [-0.3, -0.25) is 15.0 Å². The molecule has 3 rings (SSSR count). The van der Waals surface area contributed by atoms with E-state index in [0.717, 1.165) is 18.4 Å². The van der Waals surface area contributed by atoms with Gasteiger partial charge in [-0.05, 0) is 30.5 Å². The van der Waals surface area contributed by atoms with Crippen molar-refractivity contribution in [2.24, 2.45) is 7.05 Å². The molecule has 1 saturated carbocycles. The number of aromatic nitrogens is 3. The molecule has 1 fully saturated rings. The summed E-state index contributed by atoms with van der Waals surface area (Å²) in [5, 5.41) is 6.80. The first-order valence-corrected chi connectivity index (χ1v) is 7.67. The van der Waals surface area contributed by atoms with E-state index in [1.165, 1.54) is 18.0 Å². The monoisotopic (exact) mass is 329 g/mol. The Kier molecular flexibility index (Phi) is 4.45. The zero-order valence-corrected chi connectivity index (χ0v) is 13.6. The maximum atomic E-state index is 12.7. The van der Waals surface area contributed by atoms with Crippen molar-refractivity contribution in [1.29, 1.82) is 0 Å². The molecule has 1 aliphatic rings. The molecule has 1 N–H and O–H groups in total. The van der Waals surface area contributed by atoms with Crippen LogP contribution >= 0.6 is 0 Å². The summed E-state index contributed by atoms with van der Waals surface area (Å²) < 4.78 is 6.17. The van der Waals surface area contributed by atoms with Crippen molar-refractivity contribution in [2.45, 2.75) is 25.4 Å². The van der Waals surface area contributed by atoms with Gasteiger partial charge in [0.15, 0.2) is 0 Å². The number of amides is 2. The molecule has 24 heavy (non-hydrogen) atoms. The predicted molar refractivity (Wildman–Crippen MR) is 86.4 cm³/mol. The SMILES string of the molecule is COC(=O)c1cnn(C)c1NC(=O)N(Cc1ccncc1)C1CC1. The summed E-state index contributed by atoms with van der Waals surface area (Å²) in [7, 11) is 2.95. The van der Waals surface area contributed by atoms with Crippen molar-refractivity contribution in [3.8, 4) is 0 Å². The van der Waals surface area contributed by atoms with Gasteiger partial charge in [-0.15, -0.1) is 0 Å². The van der Waals surface area contributed by atoms with Gasteiger partial charge in [0.25, 0.3) is 0 Å². The summed E-state index contributed by atoms with van der Waals surface area (Å²) in [5.41, 5.74) is 1.23. The van der Waals surface area contributed by atoms with E-state index in [-0.39, 0.29) is 17.6 Å². The van der Waals surface area contributed by atoms with Gasteiger partial charge in [-0.25, -0.2) is 9.59 Å². The molecule has 0 saturated heterocycles. The number of rotatable bonds is 5. The van der Waals surface area contributed by atoms with Crippen LogP contribution in [0.15, 0.2) is 30.7 Å². The zero-order chi connectivity index (χ0) is 17.1. The fourth-order valence-corrected chi connectivity index (χ4v) is 2.46. The van der Waals surface area contributed by atoms with Crippen LogP contribution in [0.1, 0.15) is 28.8 Å². The summed E-state index contributed by atoms with van der Waals surface area (Å²) in [6, 6.07) is 3.72. The summed E-state index contributed by atoms with van der Waals surface area (Å²) in [6.45, 7) is 0.491. The standard InChI is InChI=1S/C16H19N5O3/c1-20-14(13(9-18-20)15(22)24-2)19-16(23)21(12-3-4-12)10-11-5-7-17-8-6-11/h5-9,12H,3-4,10H2,1-2H3,(H,19,23). The van der Waals surface area contributed by atoms with Crippen molar-refractivity contribution in [3.63, 3.8) is 0 Å². The Hall–Kier alpha value is -2.90. The number of ether oxygens (including phenoxy) is 1. The lowest BCUT2D eigenvalue weighted by molar-refractivity contribution is 0.0602. The highest BCUT2D eigenvalue weighted by Gasteiger charge is 2.33. The molecule has 0 bridgehead atoms. The average Bonchev–Trinajstić information content (AvgIpc) is 3.38. The molecule has 126 valence electrons. The van der Waals surface area contributed by atoms with E-state index in [0.29, 0.717) is 12.4 Å². The third-order valence-corrected chi connectivity index (χ3v) is 3.92. The highest BCUT2D eigenvalue weighted by Crippen LogP contribution is 2.29. The first-order valence-electron chi connectivity index (χ1n) is 7.67. The van der Waals surface area contributed by atoms with Crippen LogP contribution in [0, 0.1) is 0 Å². The van der Waals surface area contributed by atoms with Crippen molar-refractivity contribution in [2.75, 3.05) is 12.4 Å². The summed E-state index contributed by atoms with van der Waals surface area (Å²) in [4.78, 5) is 30.3. The lowest BCUT2D eigenvalue weighted by Gasteiger charge is -2.23. The molecule has 1 aliphatic carbocycles. The Morgan fingerprint density at radius 1 is 1.38 bits per heavy atom. The number of methoxy groups -OCH3 is 1. The molecule has 0 unspecified atom stereocenters. The number of carbonyl (C=O) groups is 2. The number of hydrogen-bond donors (Lipinski definition) is 1. The van der Waals surface area contributed by atoms with Crippen molar-refractivity contribution < 1.29 is 14.3 Å². The largest absolute Gasteiger partial charge is 0.465 e. The molecule has 8 nitrogen and oxygen atoms in total. The number of esters is 1. The Morgan fingerprint density at radius 3 is 2.71 bits per heavy atom. The molecule has 0 spiro atoms. The van der Waals surface area contributed by atoms with Crippen molar-refractivity contribution in [1.82, 2.24) is 19.7 Å². The molecule has 0 radical (unpaired) electrons. The van der Waals surface area contributed by atoms with Gasteiger partial charge in [0, 0.05) is 32.0 Å². The van der Waals surface area contributed by atoms with Crippen LogP contribution in [-0.4, -0.2) is 44.8 Å². The second-order valence-electron chi connectivity index (χ2n) is 5.67. The highest BCUT2D eigenvalue weighted by molar-refractivity contribution is 5.99. The highest BCUT2D eigenvalue weighted by atomic mass is 16.5. The van der Waals surface area contributed by atoms with Crippen LogP contribution < -0.4 is 5.32 Å². The van der Waals surface area contributed by atoms with Crippen molar-refractivity contribution >= 4 is 17.8 Å². The molecule has 2 aromatic heterocycles. The Labute approximate surface area is 139 Å². The van der Waals surface area contributed by atoms with E-state index in [1.54, 1.807) is 24.3 Å². The second-order valence-corrected chi connectivity index (χ2v) is 5.67. The van der Waals surface area contributed by atoms with Gasteiger partial charge in [0.1, 0.15) is 11.4 Å². The van der Waals surface area contributed by atoms with Gasteiger partial charge >= 0.3 is 12.0 Å². The first kappa shape index (κ1) is 16.0. The molecule has 2 amide bonds. The van der Waals surface area contributed by atoms with Crippen LogP contribution in [-0.2, 0) is 18.3 Å². The molecule has 2 heterocycles. The Balaban J connectivity index is 1.77. The minimum atomic E-state index is -0.537.